The quantitative estimate of drug-likeness (QED) is 0.464. The molecule has 3 N–H and O–H groups in total. The summed E-state index contributed by atoms with van der Waals surface area (Å²) in [5.74, 6) is 0.314. The predicted molar refractivity (Wildman–Crippen MR) is 147 cm³/mol. The highest BCUT2D eigenvalue weighted by Crippen LogP contribution is 2.55. The number of aliphatic imine (C=N–C) groups is 1. The summed E-state index contributed by atoms with van der Waals surface area (Å²) in [5, 5.41) is 16.1. The molecule has 202 valence electrons. The minimum absolute atomic E-state index is 0.0761. The zero-order valence-corrected chi connectivity index (χ0v) is 24.2. The average molecular weight is 529 g/mol. The van der Waals surface area contributed by atoms with Crippen molar-refractivity contribution in [3.63, 3.8) is 0 Å². The number of urea groups is 1. The van der Waals surface area contributed by atoms with Gasteiger partial charge in [0.1, 0.15) is 11.7 Å². The monoisotopic (exact) mass is 528 g/mol. The van der Waals surface area contributed by atoms with Crippen molar-refractivity contribution in [2.75, 3.05) is 19.7 Å². The smallest absolute Gasteiger partial charge is 0.318 e. The molecule has 2 aliphatic heterocycles. The predicted octanol–water partition coefficient (Wildman–Crippen LogP) is 4.78. The Bertz CT molecular complexity index is 1150. The van der Waals surface area contributed by atoms with Crippen molar-refractivity contribution in [3.05, 3.63) is 46.8 Å². The lowest BCUT2D eigenvalue weighted by atomic mass is 9.81. The number of amides is 3. The van der Waals surface area contributed by atoms with E-state index in [0.29, 0.717) is 18.9 Å². The summed E-state index contributed by atoms with van der Waals surface area (Å²) in [4.78, 5) is 33.6. The molecule has 2 heterocycles. The van der Waals surface area contributed by atoms with E-state index in [1.54, 1.807) is 17.0 Å². The number of nitrogens with one attached hydrogen (secondary N) is 2. The summed E-state index contributed by atoms with van der Waals surface area (Å²) >= 11 is 0. The number of hydrogen-bond donors (Lipinski definition) is 3. The second kappa shape index (κ2) is 9.34. The van der Waals surface area contributed by atoms with E-state index < -0.39 is 25.1 Å². The Balaban J connectivity index is 1.53. The molecule has 3 aliphatic rings. The Kier molecular flexibility index (Phi) is 6.95. The van der Waals surface area contributed by atoms with Gasteiger partial charge in [-0.1, -0.05) is 52.0 Å². The summed E-state index contributed by atoms with van der Waals surface area (Å²) < 4.78 is 13.6. The zero-order chi connectivity index (χ0) is 27.4. The highest BCUT2D eigenvalue weighted by molar-refractivity contribution is 6.82. The van der Waals surface area contributed by atoms with Gasteiger partial charge in [-0.05, 0) is 50.0 Å². The van der Waals surface area contributed by atoms with Crippen LogP contribution >= 0.6 is 0 Å². The number of carbonyl (C=O) groups excluding carboxylic acids is 2. The summed E-state index contributed by atoms with van der Waals surface area (Å²) in [6.45, 7) is 15.1. The largest absolute Gasteiger partial charge is 0.396 e. The third kappa shape index (κ3) is 4.65. The van der Waals surface area contributed by atoms with E-state index in [-0.39, 0.29) is 29.4 Å². The van der Waals surface area contributed by atoms with Crippen LogP contribution < -0.4 is 10.6 Å². The number of benzene rings is 1. The van der Waals surface area contributed by atoms with Crippen LogP contribution in [0.25, 0.3) is 0 Å². The Morgan fingerprint density at radius 1 is 1.19 bits per heavy atom. The number of amidine groups is 1. The van der Waals surface area contributed by atoms with Crippen LogP contribution in [0.5, 0.6) is 0 Å². The van der Waals surface area contributed by atoms with Crippen molar-refractivity contribution in [2.24, 2.45) is 10.4 Å². The number of halogens is 1. The van der Waals surface area contributed by atoms with Gasteiger partial charge in [0.05, 0.1) is 39.4 Å². The van der Waals surface area contributed by atoms with Crippen LogP contribution in [0.3, 0.4) is 0 Å². The van der Waals surface area contributed by atoms with E-state index >= 15 is 0 Å². The summed E-state index contributed by atoms with van der Waals surface area (Å²) in [5.41, 5.74) is 1.39. The fourth-order valence-corrected chi connectivity index (χ4v) is 8.53. The number of carbonyl (C=O) groups is 2. The van der Waals surface area contributed by atoms with Gasteiger partial charge in [-0.15, -0.1) is 0 Å². The van der Waals surface area contributed by atoms with Crippen molar-refractivity contribution in [3.8, 4) is 0 Å². The summed E-state index contributed by atoms with van der Waals surface area (Å²) in [7, 11) is -1.73. The minimum Gasteiger partial charge on any atom is -0.396 e. The van der Waals surface area contributed by atoms with E-state index in [9.17, 15) is 19.1 Å². The van der Waals surface area contributed by atoms with Gasteiger partial charge < -0.3 is 20.6 Å². The number of rotatable bonds is 6. The van der Waals surface area contributed by atoms with E-state index in [2.05, 4.69) is 35.3 Å². The van der Waals surface area contributed by atoms with Crippen molar-refractivity contribution in [1.29, 1.82) is 0 Å². The standard InChI is InChI=1S/C28H41FN4O3Si/c1-26(2,17-34)22(18-9-11-19(29)12-10-18)31-25(36)33-16-20-21(27(33,3)4)15-30-23(20)32-24(35)28(13-8-14-28)37(5,6)7/h9-12,22,34H,8,13-17H2,1-7H3,(H,31,36)(H,30,32,35). The summed E-state index contributed by atoms with van der Waals surface area (Å²) in [6, 6.07) is 5.19. The van der Waals surface area contributed by atoms with Crippen molar-refractivity contribution in [2.45, 2.75) is 83.2 Å². The molecular weight excluding hydrogens is 487 g/mol. The Labute approximate surface area is 220 Å². The number of aliphatic hydroxyl groups is 1. The van der Waals surface area contributed by atoms with Gasteiger partial charge in [-0.3, -0.25) is 9.79 Å². The van der Waals surface area contributed by atoms with Gasteiger partial charge in [0, 0.05) is 16.0 Å². The van der Waals surface area contributed by atoms with Crippen LogP contribution in [0.2, 0.25) is 24.7 Å². The molecule has 1 fully saturated rings. The normalized spacial score (nSPS) is 21.2. The first-order valence-electron chi connectivity index (χ1n) is 13.2. The van der Waals surface area contributed by atoms with Crippen LogP contribution in [0.1, 0.15) is 58.6 Å². The second-order valence-corrected chi connectivity index (χ2v) is 18.4. The van der Waals surface area contributed by atoms with Crippen LogP contribution in [0.15, 0.2) is 40.4 Å². The molecule has 7 nitrogen and oxygen atoms in total. The molecule has 1 unspecified atom stereocenters. The molecule has 1 aliphatic carbocycles. The lowest BCUT2D eigenvalue weighted by molar-refractivity contribution is -0.125. The summed E-state index contributed by atoms with van der Waals surface area (Å²) in [6.07, 6.45) is 2.94. The fraction of sp³-hybridized carbons (Fsp3) is 0.607. The highest BCUT2D eigenvalue weighted by Gasteiger charge is 2.54. The molecule has 0 aromatic heterocycles. The average Bonchev–Trinajstić information content (AvgIpc) is 3.28. The zero-order valence-electron chi connectivity index (χ0n) is 23.2. The molecule has 3 amide bonds. The molecule has 1 saturated carbocycles. The molecule has 1 atom stereocenters. The van der Waals surface area contributed by atoms with Crippen molar-refractivity contribution < 1.29 is 19.1 Å². The van der Waals surface area contributed by atoms with Crippen LogP contribution in [0, 0.1) is 11.2 Å². The molecule has 0 bridgehead atoms. The first kappa shape index (κ1) is 27.5. The minimum atomic E-state index is -1.73. The lowest BCUT2D eigenvalue weighted by Crippen LogP contribution is -2.55. The first-order chi connectivity index (χ1) is 17.1. The number of nitrogens with zero attached hydrogens (tertiary/aromatic N) is 2. The highest BCUT2D eigenvalue weighted by atomic mass is 28.3. The number of aliphatic hydroxyl groups excluding tert-OH is 1. The second-order valence-electron chi connectivity index (χ2n) is 13.0. The lowest BCUT2D eigenvalue weighted by Gasteiger charge is -2.49. The Morgan fingerprint density at radius 3 is 2.32 bits per heavy atom. The van der Waals surface area contributed by atoms with Gasteiger partial charge in [-0.2, -0.15) is 0 Å². The van der Waals surface area contributed by atoms with Crippen LogP contribution in [-0.4, -0.2) is 61.1 Å². The molecular formula is C28H41FN4O3Si. The third-order valence-electron chi connectivity index (χ3n) is 8.99. The molecule has 1 aromatic rings. The Morgan fingerprint density at radius 2 is 1.81 bits per heavy atom. The SMILES string of the molecule is CC(C)(CO)C(NC(=O)N1CC2=C(CN=C2NC(=O)C2([Si](C)(C)C)CCC2)C1(C)C)c1ccc(F)cc1. The van der Waals surface area contributed by atoms with E-state index in [1.165, 1.54) is 12.1 Å². The van der Waals surface area contributed by atoms with E-state index in [4.69, 9.17) is 0 Å². The topological polar surface area (TPSA) is 94.0 Å². The van der Waals surface area contributed by atoms with Crippen molar-refractivity contribution >= 4 is 25.8 Å². The van der Waals surface area contributed by atoms with Gasteiger partial charge in [0.15, 0.2) is 0 Å². The van der Waals surface area contributed by atoms with Gasteiger partial charge >= 0.3 is 6.03 Å². The molecule has 0 radical (unpaired) electrons. The van der Waals surface area contributed by atoms with Gasteiger partial charge in [0.2, 0.25) is 5.91 Å². The maximum absolute atomic E-state index is 13.7. The maximum Gasteiger partial charge on any atom is 0.318 e. The van der Waals surface area contributed by atoms with Gasteiger partial charge in [0.25, 0.3) is 0 Å². The fourth-order valence-electron chi connectivity index (χ4n) is 5.94. The van der Waals surface area contributed by atoms with Crippen LogP contribution in [-0.2, 0) is 4.79 Å². The third-order valence-corrected chi connectivity index (χ3v) is 12.6. The molecule has 0 spiro atoms. The Hall–Kier alpha value is -2.52. The molecule has 9 heteroatoms. The first-order valence-corrected chi connectivity index (χ1v) is 16.7. The van der Waals surface area contributed by atoms with E-state index in [0.717, 1.165) is 36.0 Å². The number of hydrogen-bond acceptors (Lipinski definition) is 4. The molecule has 1 aromatic carbocycles. The van der Waals surface area contributed by atoms with Crippen LogP contribution in [0.4, 0.5) is 9.18 Å². The van der Waals surface area contributed by atoms with Crippen molar-refractivity contribution in [1.82, 2.24) is 15.5 Å². The van der Waals surface area contributed by atoms with E-state index in [1.807, 2.05) is 27.7 Å². The van der Waals surface area contributed by atoms with Gasteiger partial charge in [-0.25, -0.2) is 9.18 Å². The molecule has 4 rings (SSSR count). The molecule has 0 saturated heterocycles. The maximum atomic E-state index is 13.7. The molecule has 37 heavy (non-hydrogen) atoms.